The standard InChI is InChI=1S/C33H67NO6Si2/c1-15-28(39-41(16-2,17-3)18-4)33(13,14)31(36)29(35)25(11)24(10)26(12)38-32(37)30(27(34)22-23(8)9)40-42(19-5,20-6)21-7/h23,26-30,35H,15-22,34H2,1-14H3/b25-24+/t26-,27-,28?,29?,30?/m0/s1. The Labute approximate surface area is 261 Å². The molecule has 0 amide bonds. The van der Waals surface area contributed by atoms with Gasteiger partial charge >= 0.3 is 5.97 Å². The first-order chi connectivity index (χ1) is 19.4. The van der Waals surface area contributed by atoms with Crippen LogP contribution >= 0.6 is 0 Å². The zero-order valence-corrected chi connectivity index (χ0v) is 31.7. The van der Waals surface area contributed by atoms with Crippen LogP contribution in [0.3, 0.4) is 0 Å². The highest BCUT2D eigenvalue weighted by Crippen LogP contribution is 2.36. The van der Waals surface area contributed by atoms with Crippen LogP contribution in [-0.4, -0.2) is 64.0 Å². The number of esters is 1. The number of rotatable bonds is 21. The molecule has 0 aromatic carbocycles. The number of nitrogens with two attached hydrogens (primary N) is 1. The van der Waals surface area contributed by atoms with E-state index in [0.717, 1.165) is 36.3 Å². The molecule has 0 rings (SSSR count). The van der Waals surface area contributed by atoms with Crippen molar-refractivity contribution in [3.8, 4) is 0 Å². The van der Waals surface area contributed by atoms with E-state index in [4.69, 9.17) is 19.3 Å². The first-order valence-corrected chi connectivity index (χ1v) is 21.7. The van der Waals surface area contributed by atoms with Gasteiger partial charge in [-0.3, -0.25) is 4.79 Å². The van der Waals surface area contributed by atoms with Crippen molar-refractivity contribution in [1.29, 1.82) is 0 Å². The van der Waals surface area contributed by atoms with Gasteiger partial charge in [-0.2, -0.15) is 0 Å². The lowest BCUT2D eigenvalue weighted by Gasteiger charge is -2.41. The molecule has 0 saturated heterocycles. The van der Waals surface area contributed by atoms with E-state index in [1.165, 1.54) is 0 Å². The van der Waals surface area contributed by atoms with E-state index in [0.29, 0.717) is 29.9 Å². The number of carbonyl (C=O) groups is 2. The van der Waals surface area contributed by atoms with Gasteiger partial charge < -0.3 is 24.4 Å². The van der Waals surface area contributed by atoms with E-state index >= 15 is 0 Å². The molecule has 0 spiro atoms. The van der Waals surface area contributed by atoms with Gasteiger partial charge in [-0.25, -0.2) is 4.79 Å². The van der Waals surface area contributed by atoms with Crippen molar-refractivity contribution in [3.05, 3.63) is 11.1 Å². The van der Waals surface area contributed by atoms with Crippen LogP contribution in [0.1, 0.15) is 110 Å². The third-order valence-electron chi connectivity index (χ3n) is 9.99. The molecule has 0 fully saturated rings. The van der Waals surface area contributed by atoms with Crippen LogP contribution in [0.25, 0.3) is 0 Å². The summed E-state index contributed by atoms with van der Waals surface area (Å²) in [6.07, 6.45) is -1.77. The molecule has 3 N–H and O–H groups in total. The second-order valence-electron chi connectivity index (χ2n) is 13.3. The molecular formula is C33H67NO6Si2. The highest BCUT2D eigenvalue weighted by atomic mass is 28.4. The Morgan fingerprint density at radius 1 is 0.786 bits per heavy atom. The highest BCUT2D eigenvalue weighted by Gasteiger charge is 2.44. The van der Waals surface area contributed by atoms with E-state index in [9.17, 15) is 14.7 Å². The van der Waals surface area contributed by atoms with Crippen molar-refractivity contribution >= 4 is 28.4 Å². The lowest BCUT2D eigenvalue weighted by atomic mass is 9.77. The van der Waals surface area contributed by atoms with Gasteiger partial charge in [0.15, 0.2) is 28.5 Å². The predicted octanol–water partition coefficient (Wildman–Crippen LogP) is 7.77. The van der Waals surface area contributed by atoms with Crippen LogP contribution in [0, 0.1) is 11.3 Å². The number of carbonyl (C=O) groups excluding carboxylic acids is 2. The molecule has 5 atom stereocenters. The van der Waals surface area contributed by atoms with Gasteiger partial charge in [-0.05, 0) is 86.9 Å². The SMILES string of the molecule is CCC(O[Si](CC)(CC)CC)C(C)(C)C(=O)C(O)/C(C)=C(\C)[C@H](C)OC(=O)C(O[Si](CC)(CC)CC)[C@@H](N)CC(C)C. The molecule has 0 heterocycles. The van der Waals surface area contributed by atoms with Crippen molar-refractivity contribution < 1.29 is 28.3 Å². The minimum Gasteiger partial charge on any atom is -0.456 e. The normalized spacial score (nSPS) is 17.4. The minimum absolute atomic E-state index is 0.277. The molecule has 0 aliphatic rings. The van der Waals surface area contributed by atoms with E-state index in [1.54, 1.807) is 20.8 Å². The Morgan fingerprint density at radius 2 is 1.21 bits per heavy atom. The van der Waals surface area contributed by atoms with E-state index in [1.807, 2.05) is 20.8 Å². The molecule has 0 radical (unpaired) electrons. The van der Waals surface area contributed by atoms with Crippen molar-refractivity contribution in [2.45, 2.75) is 176 Å². The first-order valence-electron chi connectivity index (χ1n) is 16.6. The topological polar surface area (TPSA) is 108 Å². The van der Waals surface area contributed by atoms with Crippen molar-refractivity contribution in [2.24, 2.45) is 17.1 Å². The Hall–Kier alpha value is -0.846. The van der Waals surface area contributed by atoms with Crippen LogP contribution in [0.5, 0.6) is 0 Å². The van der Waals surface area contributed by atoms with Crippen LogP contribution in [0.15, 0.2) is 11.1 Å². The Kier molecular flexibility index (Phi) is 17.8. The van der Waals surface area contributed by atoms with Crippen molar-refractivity contribution in [3.63, 3.8) is 0 Å². The average molecular weight is 630 g/mol. The molecule has 0 aliphatic carbocycles. The molecule has 248 valence electrons. The molecule has 0 aromatic heterocycles. The van der Waals surface area contributed by atoms with E-state index < -0.39 is 52.4 Å². The number of ether oxygens (including phenoxy) is 1. The lowest BCUT2D eigenvalue weighted by molar-refractivity contribution is -0.156. The van der Waals surface area contributed by atoms with Gasteiger partial charge in [0.2, 0.25) is 0 Å². The Morgan fingerprint density at radius 3 is 1.60 bits per heavy atom. The zero-order chi connectivity index (χ0) is 33.1. The second kappa shape index (κ2) is 18.2. The maximum atomic E-state index is 13.8. The fourth-order valence-electron chi connectivity index (χ4n) is 5.86. The van der Waals surface area contributed by atoms with Crippen LogP contribution in [-0.2, 0) is 23.2 Å². The van der Waals surface area contributed by atoms with Gasteiger partial charge in [-0.15, -0.1) is 0 Å². The predicted molar refractivity (Wildman–Crippen MR) is 181 cm³/mol. The number of Topliss-reactive ketones (excluding diaryl/α,β-unsaturated/α-hetero) is 1. The highest BCUT2D eigenvalue weighted by molar-refractivity contribution is 6.74. The van der Waals surface area contributed by atoms with E-state index in [2.05, 4.69) is 55.4 Å². The fourth-order valence-corrected chi connectivity index (χ4v) is 11.7. The van der Waals surface area contributed by atoms with Crippen LogP contribution in [0.2, 0.25) is 36.3 Å². The number of aliphatic hydroxyl groups excluding tert-OH is 1. The number of hydrogen-bond donors (Lipinski definition) is 2. The Balaban J connectivity index is 6.08. The number of aliphatic hydroxyl groups is 1. The van der Waals surface area contributed by atoms with Gasteiger partial charge in [0, 0.05) is 6.04 Å². The summed E-state index contributed by atoms with van der Waals surface area (Å²) in [6.45, 7) is 28.2. The van der Waals surface area contributed by atoms with E-state index in [-0.39, 0.29) is 11.9 Å². The maximum absolute atomic E-state index is 13.8. The summed E-state index contributed by atoms with van der Waals surface area (Å²) in [5.74, 6) is -0.447. The number of hydrogen-bond acceptors (Lipinski definition) is 7. The summed E-state index contributed by atoms with van der Waals surface area (Å²) in [5, 5.41) is 11.3. The molecule has 0 aromatic rings. The summed E-state index contributed by atoms with van der Waals surface area (Å²) >= 11 is 0. The molecule has 3 unspecified atom stereocenters. The third kappa shape index (κ3) is 10.7. The van der Waals surface area contributed by atoms with Crippen LogP contribution < -0.4 is 5.73 Å². The molecule has 9 heteroatoms. The summed E-state index contributed by atoms with van der Waals surface area (Å²) < 4.78 is 19.3. The smallest absolute Gasteiger partial charge is 0.336 e. The summed E-state index contributed by atoms with van der Waals surface area (Å²) in [4.78, 5) is 27.3. The molecule has 0 aliphatic heterocycles. The molecular weight excluding hydrogens is 563 g/mol. The Bertz CT molecular complexity index is 850. The second-order valence-corrected chi connectivity index (χ2v) is 22.7. The summed E-state index contributed by atoms with van der Waals surface area (Å²) in [6, 6.07) is 5.20. The largest absolute Gasteiger partial charge is 0.456 e. The quantitative estimate of drug-likeness (QED) is 0.0758. The van der Waals surface area contributed by atoms with Gasteiger partial charge in [0.1, 0.15) is 12.2 Å². The molecule has 42 heavy (non-hydrogen) atoms. The molecule has 0 saturated carbocycles. The summed E-state index contributed by atoms with van der Waals surface area (Å²) in [5.41, 5.74) is 6.80. The zero-order valence-electron chi connectivity index (χ0n) is 29.7. The van der Waals surface area contributed by atoms with Gasteiger partial charge in [0.25, 0.3) is 0 Å². The maximum Gasteiger partial charge on any atom is 0.336 e. The fraction of sp³-hybridized carbons (Fsp3) is 0.879. The summed E-state index contributed by atoms with van der Waals surface area (Å²) in [7, 11) is -4.09. The molecule has 7 nitrogen and oxygen atoms in total. The third-order valence-corrected chi connectivity index (χ3v) is 19.3. The first kappa shape index (κ1) is 41.2. The van der Waals surface area contributed by atoms with Crippen molar-refractivity contribution in [1.82, 2.24) is 0 Å². The van der Waals surface area contributed by atoms with Gasteiger partial charge in [-0.1, -0.05) is 76.2 Å². The van der Waals surface area contributed by atoms with Crippen molar-refractivity contribution in [2.75, 3.05) is 0 Å². The number of ketones is 1. The average Bonchev–Trinajstić information content (AvgIpc) is 2.96. The lowest BCUT2D eigenvalue weighted by Crippen LogP contribution is -2.52. The minimum atomic E-state index is -2.14. The van der Waals surface area contributed by atoms with Gasteiger partial charge in [0.05, 0.1) is 11.5 Å². The monoisotopic (exact) mass is 629 g/mol. The molecule has 0 bridgehead atoms. The van der Waals surface area contributed by atoms with Crippen LogP contribution in [0.4, 0.5) is 0 Å².